The summed E-state index contributed by atoms with van der Waals surface area (Å²) in [4.78, 5) is 15.9. The second-order valence-electron chi connectivity index (χ2n) is 2.73. The molecule has 2 aromatic heterocycles. The summed E-state index contributed by atoms with van der Waals surface area (Å²) < 4.78 is 2.00. The zero-order chi connectivity index (χ0) is 10.1. The molecule has 5 heteroatoms. The van der Waals surface area contributed by atoms with Crippen molar-refractivity contribution < 1.29 is 0 Å². The van der Waals surface area contributed by atoms with E-state index in [0.717, 1.165) is 0 Å². The Balaban J connectivity index is 2.95. The normalized spacial score (nSPS) is 10.3. The van der Waals surface area contributed by atoms with E-state index in [1.165, 1.54) is 15.9 Å². The Morgan fingerprint density at radius 2 is 2.50 bits per heavy atom. The van der Waals surface area contributed by atoms with Crippen LogP contribution in [0.15, 0.2) is 16.2 Å². The minimum absolute atomic E-state index is 0.121. The van der Waals surface area contributed by atoms with E-state index in [4.69, 9.17) is 5.26 Å². The first kappa shape index (κ1) is 8.91. The van der Waals surface area contributed by atoms with Gasteiger partial charge in [0.05, 0.1) is 5.52 Å². The molecule has 0 aliphatic heterocycles. The van der Waals surface area contributed by atoms with E-state index in [1.807, 2.05) is 13.0 Å². The van der Waals surface area contributed by atoms with Gasteiger partial charge in [0.1, 0.15) is 10.8 Å². The van der Waals surface area contributed by atoms with Gasteiger partial charge in [-0.25, -0.2) is 4.98 Å². The van der Waals surface area contributed by atoms with Crippen LogP contribution in [0.2, 0.25) is 0 Å². The number of thiophene rings is 1. The molecule has 0 saturated heterocycles. The Kier molecular flexibility index (Phi) is 2.06. The number of nitrogens with zero attached hydrogens (tertiary/aromatic N) is 3. The summed E-state index contributed by atoms with van der Waals surface area (Å²) in [7, 11) is 0. The molecule has 0 spiro atoms. The molecule has 2 rings (SSSR count). The summed E-state index contributed by atoms with van der Waals surface area (Å²) >= 11 is 1.36. The Hall–Kier alpha value is -1.67. The predicted octanol–water partition coefficient (Wildman–Crippen LogP) is 1.35. The molecule has 0 aliphatic rings. The predicted molar refractivity (Wildman–Crippen MR) is 54.3 cm³/mol. The van der Waals surface area contributed by atoms with Crippen molar-refractivity contribution in [2.75, 3.05) is 0 Å². The van der Waals surface area contributed by atoms with Gasteiger partial charge in [-0.1, -0.05) is 0 Å². The van der Waals surface area contributed by atoms with Crippen LogP contribution in [0.25, 0.3) is 10.2 Å². The number of aromatic nitrogens is 2. The van der Waals surface area contributed by atoms with Crippen molar-refractivity contribution in [3.05, 3.63) is 27.6 Å². The monoisotopic (exact) mass is 205 g/mol. The Morgan fingerprint density at radius 3 is 3.14 bits per heavy atom. The zero-order valence-electron chi connectivity index (χ0n) is 7.52. The van der Waals surface area contributed by atoms with E-state index in [9.17, 15) is 4.79 Å². The van der Waals surface area contributed by atoms with Gasteiger partial charge in [-0.3, -0.25) is 9.36 Å². The fourth-order valence-corrected chi connectivity index (χ4v) is 2.10. The Bertz CT molecular complexity index is 576. The van der Waals surface area contributed by atoms with Crippen molar-refractivity contribution in [2.24, 2.45) is 0 Å². The van der Waals surface area contributed by atoms with Crippen molar-refractivity contribution in [1.82, 2.24) is 9.55 Å². The summed E-state index contributed by atoms with van der Waals surface area (Å²) in [5, 5.41) is 10.6. The summed E-state index contributed by atoms with van der Waals surface area (Å²) in [5.41, 5.74) is 0.491. The van der Waals surface area contributed by atoms with Gasteiger partial charge < -0.3 is 0 Å². The largest absolute Gasteiger partial charge is 0.283 e. The SMILES string of the molecule is CCn1c(C#N)nc2ccsc2c1=O. The highest BCUT2D eigenvalue weighted by molar-refractivity contribution is 7.17. The van der Waals surface area contributed by atoms with Crippen molar-refractivity contribution in [3.8, 4) is 6.07 Å². The maximum atomic E-state index is 11.8. The molecule has 0 radical (unpaired) electrons. The van der Waals surface area contributed by atoms with Crippen LogP contribution in [0.4, 0.5) is 0 Å². The number of fused-ring (bicyclic) bond motifs is 1. The van der Waals surface area contributed by atoms with E-state index in [-0.39, 0.29) is 11.4 Å². The molecule has 0 unspecified atom stereocenters. The molecular weight excluding hydrogens is 198 g/mol. The van der Waals surface area contributed by atoms with Crippen molar-refractivity contribution in [1.29, 1.82) is 5.26 Å². The van der Waals surface area contributed by atoms with Crippen molar-refractivity contribution >= 4 is 21.6 Å². The maximum absolute atomic E-state index is 11.8. The lowest BCUT2D eigenvalue weighted by Crippen LogP contribution is -2.22. The van der Waals surface area contributed by atoms with E-state index in [1.54, 1.807) is 11.4 Å². The fraction of sp³-hybridized carbons (Fsp3) is 0.222. The molecule has 0 atom stereocenters. The van der Waals surface area contributed by atoms with Crippen LogP contribution >= 0.6 is 11.3 Å². The highest BCUT2D eigenvalue weighted by atomic mass is 32.1. The van der Waals surface area contributed by atoms with E-state index < -0.39 is 0 Å². The molecule has 2 aromatic rings. The topological polar surface area (TPSA) is 58.7 Å². The van der Waals surface area contributed by atoms with Gasteiger partial charge in [-0.05, 0) is 18.4 Å². The quantitative estimate of drug-likeness (QED) is 0.706. The van der Waals surface area contributed by atoms with E-state index >= 15 is 0 Å². The Morgan fingerprint density at radius 1 is 1.71 bits per heavy atom. The molecule has 0 bridgehead atoms. The highest BCUT2D eigenvalue weighted by Gasteiger charge is 2.09. The number of nitriles is 1. The fourth-order valence-electron chi connectivity index (χ4n) is 1.32. The van der Waals surface area contributed by atoms with Crippen LogP contribution in [-0.4, -0.2) is 9.55 Å². The molecule has 0 N–H and O–H groups in total. The molecule has 2 heterocycles. The molecular formula is C9H7N3OS. The van der Waals surface area contributed by atoms with Gasteiger partial charge >= 0.3 is 0 Å². The lowest BCUT2D eigenvalue weighted by atomic mass is 10.4. The molecule has 0 aliphatic carbocycles. The van der Waals surface area contributed by atoms with Crippen molar-refractivity contribution in [2.45, 2.75) is 13.5 Å². The number of hydrogen-bond acceptors (Lipinski definition) is 4. The van der Waals surface area contributed by atoms with Crippen LogP contribution in [0.3, 0.4) is 0 Å². The van der Waals surface area contributed by atoms with Gasteiger partial charge in [0.25, 0.3) is 5.56 Å². The molecule has 0 fully saturated rings. The lowest BCUT2D eigenvalue weighted by Gasteiger charge is -2.02. The van der Waals surface area contributed by atoms with E-state index in [2.05, 4.69) is 4.98 Å². The molecule has 0 saturated carbocycles. The molecule has 0 aromatic carbocycles. The van der Waals surface area contributed by atoms with Crippen LogP contribution in [0, 0.1) is 11.3 Å². The zero-order valence-corrected chi connectivity index (χ0v) is 8.34. The third-order valence-electron chi connectivity index (χ3n) is 1.98. The second-order valence-corrected chi connectivity index (χ2v) is 3.65. The summed E-state index contributed by atoms with van der Waals surface area (Å²) in [6.45, 7) is 2.30. The summed E-state index contributed by atoms with van der Waals surface area (Å²) in [6, 6.07) is 3.68. The molecule has 14 heavy (non-hydrogen) atoms. The first-order valence-corrected chi connectivity index (χ1v) is 5.04. The van der Waals surface area contributed by atoms with Gasteiger partial charge in [-0.2, -0.15) is 5.26 Å². The highest BCUT2D eigenvalue weighted by Crippen LogP contribution is 2.14. The van der Waals surface area contributed by atoms with Gasteiger partial charge in [0, 0.05) is 6.54 Å². The Labute approximate surface area is 84.1 Å². The minimum atomic E-state index is -0.121. The van der Waals surface area contributed by atoms with Gasteiger partial charge in [-0.15, -0.1) is 11.3 Å². The average Bonchev–Trinajstić information content (AvgIpc) is 2.65. The van der Waals surface area contributed by atoms with Crippen LogP contribution < -0.4 is 5.56 Å². The third kappa shape index (κ3) is 1.12. The first-order chi connectivity index (χ1) is 6.77. The summed E-state index contributed by atoms with van der Waals surface area (Å²) in [5.74, 6) is 0.184. The molecule has 70 valence electrons. The summed E-state index contributed by atoms with van der Waals surface area (Å²) in [6.07, 6.45) is 0. The minimum Gasteiger partial charge on any atom is -0.283 e. The molecule has 4 nitrogen and oxygen atoms in total. The van der Waals surface area contributed by atoms with Crippen LogP contribution in [0.1, 0.15) is 12.7 Å². The van der Waals surface area contributed by atoms with E-state index in [0.29, 0.717) is 16.8 Å². The smallest absolute Gasteiger partial charge is 0.272 e. The molecule has 0 amide bonds. The average molecular weight is 205 g/mol. The van der Waals surface area contributed by atoms with Gasteiger partial charge in [0.15, 0.2) is 0 Å². The van der Waals surface area contributed by atoms with Crippen molar-refractivity contribution in [3.63, 3.8) is 0 Å². The standard InChI is InChI=1S/C9H7N3OS/c1-2-12-7(5-10)11-6-3-4-14-8(6)9(12)13/h3-4H,2H2,1H3. The maximum Gasteiger partial charge on any atom is 0.272 e. The third-order valence-corrected chi connectivity index (χ3v) is 2.87. The second kappa shape index (κ2) is 3.24. The number of rotatable bonds is 1. The van der Waals surface area contributed by atoms with Crippen LogP contribution in [-0.2, 0) is 6.54 Å². The first-order valence-electron chi connectivity index (χ1n) is 4.16. The van der Waals surface area contributed by atoms with Gasteiger partial charge in [0.2, 0.25) is 5.82 Å². The number of hydrogen-bond donors (Lipinski definition) is 0. The lowest BCUT2D eigenvalue weighted by molar-refractivity contribution is 0.705. The van der Waals surface area contributed by atoms with Crippen LogP contribution in [0.5, 0.6) is 0 Å².